The molecule has 1 fully saturated rings. The second-order valence-electron chi connectivity index (χ2n) is 6.44. The van der Waals surface area contributed by atoms with Crippen LogP contribution in [0.25, 0.3) is 0 Å². The van der Waals surface area contributed by atoms with Crippen LogP contribution in [0.2, 0.25) is 0 Å². The Morgan fingerprint density at radius 3 is 2.67 bits per heavy atom. The molecule has 1 aromatic rings. The van der Waals surface area contributed by atoms with E-state index in [4.69, 9.17) is 10.9 Å². The van der Waals surface area contributed by atoms with E-state index in [1.807, 2.05) is 19.9 Å². The van der Waals surface area contributed by atoms with Gasteiger partial charge in [-0.2, -0.15) is 0 Å². The van der Waals surface area contributed by atoms with Gasteiger partial charge in [0.15, 0.2) is 5.84 Å². The summed E-state index contributed by atoms with van der Waals surface area (Å²) in [4.78, 5) is 6.85. The van der Waals surface area contributed by atoms with Gasteiger partial charge >= 0.3 is 0 Å². The van der Waals surface area contributed by atoms with Crippen LogP contribution >= 0.6 is 0 Å². The fourth-order valence-corrected chi connectivity index (χ4v) is 3.43. The van der Waals surface area contributed by atoms with E-state index in [-0.39, 0.29) is 5.84 Å². The topological polar surface area (TPSA) is 74.7 Å². The van der Waals surface area contributed by atoms with Gasteiger partial charge in [0.2, 0.25) is 0 Å². The fraction of sp³-hybridized carbons (Fsp3) is 0.625. The van der Waals surface area contributed by atoms with Crippen molar-refractivity contribution in [2.24, 2.45) is 22.7 Å². The van der Waals surface area contributed by atoms with Crippen LogP contribution in [-0.2, 0) is 0 Å². The number of oxime groups is 1. The van der Waals surface area contributed by atoms with E-state index in [0.717, 1.165) is 29.2 Å². The highest BCUT2D eigenvalue weighted by molar-refractivity contribution is 6.03. The molecule has 5 nitrogen and oxygen atoms in total. The van der Waals surface area contributed by atoms with Crippen LogP contribution < -0.4 is 10.6 Å². The Hall–Kier alpha value is -1.78. The van der Waals surface area contributed by atoms with Crippen molar-refractivity contribution in [1.29, 1.82) is 0 Å². The molecule has 0 bridgehead atoms. The molecular formula is C16H26N4O. The number of pyridine rings is 1. The van der Waals surface area contributed by atoms with Gasteiger partial charge in [-0.25, -0.2) is 0 Å². The molecule has 3 atom stereocenters. The number of aromatic nitrogens is 1. The van der Waals surface area contributed by atoms with Gasteiger partial charge in [0.1, 0.15) is 0 Å². The molecule has 116 valence electrons. The summed E-state index contributed by atoms with van der Waals surface area (Å²) in [5, 5.41) is 12.3. The quantitative estimate of drug-likeness (QED) is 0.380. The highest BCUT2D eigenvalue weighted by atomic mass is 16.4. The molecular weight excluding hydrogens is 264 g/mol. The van der Waals surface area contributed by atoms with Crippen LogP contribution in [0.1, 0.15) is 44.1 Å². The Balaban J connectivity index is 2.56. The molecule has 3 unspecified atom stereocenters. The van der Waals surface area contributed by atoms with Gasteiger partial charge in [0, 0.05) is 18.3 Å². The zero-order valence-electron chi connectivity index (χ0n) is 13.6. The van der Waals surface area contributed by atoms with Gasteiger partial charge < -0.3 is 15.8 Å². The minimum Gasteiger partial charge on any atom is -0.409 e. The zero-order chi connectivity index (χ0) is 15.7. The first kappa shape index (κ1) is 15.6. The molecule has 1 aromatic heterocycles. The van der Waals surface area contributed by atoms with Gasteiger partial charge in [-0.1, -0.05) is 19.0 Å². The summed E-state index contributed by atoms with van der Waals surface area (Å²) < 4.78 is 0. The third kappa shape index (κ3) is 2.96. The first-order chi connectivity index (χ1) is 9.85. The van der Waals surface area contributed by atoms with Crippen molar-refractivity contribution >= 4 is 11.5 Å². The number of nitrogens with two attached hydrogens (primary N) is 1. The Labute approximate surface area is 126 Å². The normalized spacial score (nSPS) is 27.0. The number of hydrogen-bond donors (Lipinski definition) is 2. The van der Waals surface area contributed by atoms with Crippen LogP contribution in [0.3, 0.4) is 0 Å². The molecule has 2 heterocycles. The summed E-state index contributed by atoms with van der Waals surface area (Å²) in [5.74, 6) is 1.38. The van der Waals surface area contributed by atoms with E-state index in [1.165, 1.54) is 6.42 Å². The molecule has 5 heteroatoms. The Bertz CT molecular complexity index is 555. The predicted octanol–water partition coefficient (Wildman–Crippen LogP) is 2.66. The number of hydrogen-bond acceptors (Lipinski definition) is 4. The molecule has 21 heavy (non-hydrogen) atoms. The highest BCUT2D eigenvalue weighted by Gasteiger charge is 2.31. The summed E-state index contributed by atoms with van der Waals surface area (Å²) >= 11 is 0. The Kier molecular flexibility index (Phi) is 4.40. The lowest BCUT2D eigenvalue weighted by molar-refractivity contribution is 0.296. The first-order valence-corrected chi connectivity index (χ1v) is 7.58. The first-order valence-electron chi connectivity index (χ1n) is 7.58. The number of piperidine rings is 1. The number of amidine groups is 1. The highest BCUT2D eigenvalue weighted by Crippen LogP contribution is 2.34. The number of nitrogens with zero attached hydrogens (tertiary/aromatic N) is 3. The summed E-state index contributed by atoms with van der Waals surface area (Å²) in [5.41, 5.74) is 9.43. The standard InChI is InChI=1S/C16H26N4O/c1-9-6-10(2)13(5)20(8-9)14-7-11(3)18-12(4)15(14)16(17)19-21/h7,9-10,13,21H,6,8H2,1-5H3,(H2,17,19). The lowest BCUT2D eigenvalue weighted by atomic mass is 9.85. The minimum absolute atomic E-state index is 0.132. The second-order valence-corrected chi connectivity index (χ2v) is 6.44. The SMILES string of the molecule is Cc1cc(N2CC(C)CC(C)C2C)c(/C(N)=N/O)c(C)n1. The molecule has 0 aliphatic carbocycles. The maximum Gasteiger partial charge on any atom is 0.174 e. The summed E-state index contributed by atoms with van der Waals surface area (Å²) in [7, 11) is 0. The maximum atomic E-state index is 9.09. The largest absolute Gasteiger partial charge is 0.409 e. The maximum absolute atomic E-state index is 9.09. The molecule has 1 aliphatic heterocycles. The van der Waals surface area contributed by atoms with Crippen molar-refractivity contribution in [2.45, 2.75) is 47.1 Å². The van der Waals surface area contributed by atoms with Gasteiger partial charge in [0.25, 0.3) is 0 Å². The van der Waals surface area contributed by atoms with Crippen molar-refractivity contribution in [3.63, 3.8) is 0 Å². The predicted molar refractivity (Wildman–Crippen MR) is 86.0 cm³/mol. The molecule has 2 rings (SSSR count). The summed E-state index contributed by atoms with van der Waals surface area (Å²) in [6, 6.07) is 2.47. The summed E-state index contributed by atoms with van der Waals surface area (Å²) in [6.45, 7) is 11.7. The van der Waals surface area contributed by atoms with E-state index in [1.54, 1.807) is 0 Å². The molecule has 1 aliphatic rings. The molecule has 0 amide bonds. The summed E-state index contributed by atoms with van der Waals surface area (Å²) in [6.07, 6.45) is 1.24. The smallest absolute Gasteiger partial charge is 0.174 e. The Morgan fingerprint density at radius 2 is 2.05 bits per heavy atom. The van der Waals surface area contributed by atoms with Gasteiger partial charge in [-0.15, -0.1) is 0 Å². The molecule has 1 saturated heterocycles. The average Bonchev–Trinajstić information content (AvgIpc) is 2.41. The molecule has 0 radical (unpaired) electrons. The molecule has 3 N–H and O–H groups in total. The fourth-order valence-electron chi connectivity index (χ4n) is 3.43. The average molecular weight is 290 g/mol. The van der Waals surface area contributed by atoms with Crippen molar-refractivity contribution in [3.05, 3.63) is 23.0 Å². The zero-order valence-corrected chi connectivity index (χ0v) is 13.6. The number of rotatable bonds is 2. The Morgan fingerprint density at radius 1 is 1.38 bits per heavy atom. The number of anilines is 1. The minimum atomic E-state index is 0.132. The van der Waals surface area contributed by atoms with E-state index in [2.05, 4.69) is 35.8 Å². The third-order valence-corrected chi connectivity index (χ3v) is 4.58. The van der Waals surface area contributed by atoms with E-state index >= 15 is 0 Å². The van der Waals surface area contributed by atoms with Gasteiger partial charge in [0.05, 0.1) is 16.9 Å². The van der Waals surface area contributed by atoms with E-state index < -0.39 is 0 Å². The van der Waals surface area contributed by atoms with Crippen molar-refractivity contribution in [2.75, 3.05) is 11.4 Å². The van der Waals surface area contributed by atoms with E-state index in [0.29, 0.717) is 17.9 Å². The molecule has 0 aromatic carbocycles. The van der Waals surface area contributed by atoms with Crippen molar-refractivity contribution in [1.82, 2.24) is 4.98 Å². The molecule has 0 saturated carbocycles. The third-order valence-electron chi connectivity index (χ3n) is 4.58. The van der Waals surface area contributed by atoms with Gasteiger partial charge in [-0.05, 0) is 45.1 Å². The van der Waals surface area contributed by atoms with Crippen LogP contribution in [0.5, 0.6) is 0 Å². The monoisotopic (exact) mass is 290 g/mol. The lowest BCUT2D eigenvalue weighted by Crippen LogP contribution is -2.46. The van der Waals surface area contributed by atoms with Crippen LogP contribution in [0, 0.1) is 25.7 Å². The lowest BCUT2D eigenvalue weighted by Gasteiger charge is -2.43. The van der Waals surface area contributed by atoms with E-state index in [9.17, 15) is 0 Å². The second kappa shape index (κ2) is 5.92. The van der Waals surface area contributed by atoms with Crippen molar-refractivity contribution < 1.29 is 5.21 Å². The van der Waals surface area contributed by atoms with Gasteiger partial charge in [-0.3, -0.25) is 4.98 Å². The van der Waals surface area contributed by atoms with Crippen LogP contribution in [0.4, 0.5) is 5.69 Å². The molecule has 0 spiro atoms. The van der Waals surface area contributed by atoms with Crippen LogP contribution in [0.15, 0.2) is 11.2 Å². The van der Waals surface area contributed by atoms with Crippen molar-refractivity contribution in [3.8, 4) is 0 Å². The van der Waals surface area contributed by atoms with Crippen LogP contribution in [-0.4, -0.2) is 28.6 Å². The number of aryl methyl sites for hydroxylation is 2.